The third-order valence-electron chi connectivity index (χ3n) is 3.00. The lowest BCUT2D eigenvalue weighted by Crippen LogP contribution is -2.32. The van der Waals surface area contributed by atoms with Crippen LogP contribution in [0.4, 0.5) is 0 Å². The van der Waals surface area contributed by atoms with Gasteiger partial charge in [-0.15, -0.1) is 0 Å². The van der Waals surface area contributed by atoms with Crippen molar-refractivity contribution < 1.29 is 4.79 Å². The van der Waals surface area contributed by atoms with Crippen LogP contribution in [0.5, 0.6) is 0 Å². The van der Waals surface area contributed by atoms with Gasteiger partial charge in [0.05, 0.1) is 6.42 Å². The molecular formula is C16H17BrN2O. The number of carbonyl (C=O) groups excluding carboxylic acids is 1. The Morgan fingerprint density at radius 2 is 1.90 bits per heavy atom. The van der Waals surface area contributed by atoms with Gasteiger partial charge < -0.3 is 11.1 Å². The van der Waals surface area contributed by atoms with E-state index < -0.39 is 0 Å². The maximum atomic E-state index is 11.9. The Bertz CT molecular complexity index is 572. The average molecular weight is 333 g/mol. The van der Waals surface area contributed by atoms with Crippen molar-refractivity contribution in [3.05, 3.63) is 70.2 Å². The minimum absolute atomic E-state index is 0.0190. The van der Waals surface area contributed by atoms with Gasteiger partial charge in [-0.1, -0.05) is 58.4 Å². The number of nitrogens with two attached hydrogens (primary N) is 1. The summed E-state index contributed by atoms with van der Waals surface area (Å²) in [6, 6.07) is 17.3. The molecule has 2 aromatic carbocycles. The maximum Gasteiger partial charge on any atom is 0.224 e. The number of halogens is 1. The first-order valence-corrected chi connectivity index (χ1v) is 7.26. The zero-order valence-corrected chi connectivity index (χ0v) is 12.6. The smallest absolute Gasteiger partial charge is 0.224 e. The fourth-order valence-corrected chi connectivity index (χ4v) is 2.38. The Morgan fingerprint density at radius 3 is 2.60 bits per heavy atom. The van der Waals surface area contributed by atoms with Gasteiger partial charge in [0.25, 0.3) is 0 Å². The zero-order chi connectivity index (χ0) is 14.4. The van der Waals surface area contributed by atoms with E-state index in [-0.39, 0.29) is 11.9 Å². The minimum atomic E-state index is -0.178. The van der Waals surface area contributed by atoms with Crippen LogP contribution in [0.15, 0.2) is 59.1 Å². The average Bonchev–Trinajstić information content (AvgIpc) is 2.46. The number of nitrogens with one attached hydrogen (secondary N) is 1. The quantitative estimate of drug-likeness (QED) is 0.884. The Kier molecular flexibility index (Phi) is 5.32. The Labute approximate surface area is 127 Å². The summed E-state index contributed by atoms with van der Waals surface area (Å²) < 4.78 is 0.976. The molecule has 0 fully saturated rings. The van der Waals surface area contributed by atoms with Crippen molar-refractivity contribution in [3.63, 3.8) is 0 Å². The zero-order valence-electron chi connectivity index (χ0n) is 11.1. The van der Waals surface area contributed by atoms with Crippen LogP contribution in [0.1, 0.15) is 17.2 Å². The Balaban J connectivity index is 1.83. The van der Waals surface area contributed by atoms with E-state index in [2.05, 4.69) is 21.2 Å². The number of hydrogen-bond donors (Lipinski definition) is 2. The molecule has 0 bridgehead atoms. The molecule has 0 saturated carbocycles. The summed E-state index contributed by atoms with van der Waals surface area (Å²) in [4.78, 5) is 11.9. The first-order valence-electron chi connectivity index (χ1n) is 6.47. The largest absolute Gasteiger partial charge is 0.354 e. The first kappa shape index (κ1) is 14.8. The molecule has 20 heavy (non-hydrogen) atoms. The van der Waals surface area contributed by atoms with Crippen molar-refractivity contribution in [2.24, 2.45) is 5.73 Å². The third kappa shape index (κ3) is 4.47. The molecule has 0 aliphatic heterocycles. The molecule has 2 rings (SSSR count). The molecule has 1 amide bonds. The molecule has 4 heteroatoms. The van der Waals surface area contributed by atoms with Crippen molar-refractivity contribution in [3.8, 4) is 0 Å². The second-order valence-corrected chi connectivity index (χ2v) is 5.54. The van der Waals surface area contributed by atoms with E-state index in [1.165, 1.54) is 0 Å². The van der Waals surface area contributed by atoms with Crippen LogP contribution in [0.25, 0.3) is 0 Å². The molecule has 0 heterocycles. The number of amides is 1. The van der Waals surface area contributed by atoms with Crippen molar-refractivity contribution in [1.29, 1.82) is 0 Å². The summed E-state index contributed by atoms with van der Waals surface area (Å²) in [7, 11) is 0. The van der Waals surface area contributed by atoms with Gasteiger partial charge in [0, 0.05) is 17.1 Å². The van der Waals surface area contributed by atoms with Gasteiger partial charge >= 0.3 is 0 Å². The molecule has 0 aliphatic rings. The van der Waals surface area contributed by atoms with E-state index in [0.717, 1.165) is 15.6 Å². The molecule has 0 radical (unpaired) electrons. The third-order valence-corrected chi connectivity index (χ3v) is 3.49. The van der Waals surface area contributed by atoms with Gasteiger partial charge in [0.15, 0.2) is 0 Å². The summed E-state index contributed by atoms with van der Waals surface area (Å²) in [5.74, 6) is -0.0190. The van der Waals surface area contributed by atoms with Crippen LogP contribution in [0, 0.1) is 0 Å². The van der Waals surface area contributed by atoms with Crippen molar-refractivity contribution >= 4 is 21.8 Å². The fourth-order valence-electron chi connectivity index (χ4n) is 1.94. The van der Waals surface area contributed by atoms with E-state index in [9.17, 15) is 4.79 Å². The van der Waals surface area contributed by atoms with Crippen LogP contribution < -0.4 is 11.1 Å². The summed E-state index contributed by atoms with van der Waals surface area (Å²) in [6.07, 6.45) is 0.362. The highest BCUT2D eigenvalue weighted by Gasteiger charge is 2.08. The lowest BCUT2D eigenvalue weighted by atomic mass is 10.1. The lowest BCUT2D eigenvalue weighted by Gasteiger charge is -2.13. The predicted octanol–water partition coefficient (Wildman–Crippen LogP) is 2.81. The van der Waals surface area contributed by atoms with Gasteiger partial charge in [-0.2, -0.15) is 0 Å². The van der Waals surface area contributed by atoms with E-state index in [0.29, 0.717) is 13.0 Å². The number of rotatable bonds is 5. The highest BCUT2D eigenvalue weighted by atomic mass is 79.9. The van der Waals surface area contributed by atoms with E-state index in [1.807, 2.05) is 54.6 Å². The molecule has 0 saturated heterocycles. The molecule has 0 spiro atoms. The molecule has 1 unspecified atom stereocenters. The number of carbonyl (C=O) groups is 1. The summed E-state index contributed by atoms with van der Waals surface area (Å²) >= 11 is 3.39. The normalized spacial score (nSPS) is 11.9. The maximum absolute atomic E-state index is 11.9. The van der Waals surface area contributed by atoms with Crippen molar-refractivity contribution in [1.82, 2.24) is 5.32 Å². The van der Waals surface area contributed by atoms with Crippen molar-refractivity contribution in [2.75, 3.05) is 6.54 Å². The second kappa shape index (κ2) is 7.22. The van der Waals surface area contributed by atoms with Crippen LogP contribution in [-0.4, -0.2) is 12.5 Å². The molecule has 1 atom stereocenters. The molecule has 3 nitrogen and oxygen atoms in total. The van der Waals surface area contributed by atoms with Crippen LogP contribution in [0.3, 0.4) is 0 Å². The number of benzene rings is 2. The van der Waals surface area contributed by atoms with E-state index >= 15 is 0 Å². The summed E-state index contributed by atoms with van der Waals surface area (Å²) in [6.45, 7) is 0.441. The van der Waals surface area contributed by atoms with Crippen LogP contribution in [0.2, 0.25) is 0 Å². The standard InChI is InChI=1S/C16H17BrN2O/c17-14-8-4-5-12(9-14)10-16(20)19-11-15(18)13-6-2-1-3-7-13/h1-9,15H,10-11,18H2,(H,19,20). The highest BCUT2D eigenvalue weighted by molar-refractivity contribution is 9.10. The molecule has 104 valence electrons. The van der Waals surface area contributed by atoms with Crippen molar-refractivity contribution in [2.45, 2.75) is 12.5 Å². The first-order chi connectivity index (χ1) is 9.65. The van der Waals surface area contributed by atoms with Gasteiger partial charge in [0.2, 0.25) is 5.91 Å². The minimum Gasteiger partial charge on any atom is -0.354 e. The van der Waals surface area contributed by atoms with Crippen LogP contribution >= 0.6 is 15.9 Å². The predicted molar refractivity (Wildman–Crippen MR) is 84.2 cm³/mol. The fraction of sp³-hybridized carbons (Fsp3) is 0.188. The van der Waals surface area contributed by atoms with Gasteiger partial charge in [0.1, 0.15) is 0 Å². The second-order valence-electron chi connectivity index (χ2n) is 4.63. The molecule has 3 N–H and O–H groups in total. The number of hydrogen-bond acceptors (Lipinski definition) is 2. The van der Waals surface area contributed by atoms with Crippen LogP contribution in [-0.2, 0) is 11.2 Å². The molecule has 2 aromatic rings. The highest BCUT2D eigenvalue weighted by Crippen LogP contribution is 2.12. The Morgan fingerprint density at radius 1 is 1.15 bits per heavy atom. The summed E-state index contributed by atoms with van der Waals surface area (Å²) in [5, 5.41) is 2.87. The van der Waals surface area contributed by atoms with Gasteiger partial charge in [-0.25, -0.2) is 0 Å². The monoisotopic (exact) mass is 332 g/mol. The van der Waals surface area contributed by atoms with E-state index in [1.54, 1.807) is 0 Å². The Hall–Kier alpha value is -1.65. The molecule has 0 aliphatic carbocycles. The molecule has 0 aromatic heterocycles. The molecular weight excluding hydrogens is 316 g/mol. The topological polar surface area (TPSA) is 55.1 Å². The summed E-state index contributed by atoms with van der Waals surface area (Å²) in [5.41, 5.74) is 8.04. The van der Waals surface area contributed by atoms with Gasteiger partial charge in [-0.05, 0) is 23.3 Å². The van der Waals surface area contributed by atoms with Gasteiger partial charge in [-0.3, -0.25) is 4.79 Å². The van der Waals surface area contributed by atoms with E-state index in [4.69, 9.17) is 5.73 Å². The lowest BCUT2D eigenvalue weighted by molar-refractivity contribution is -0.120. The SMILES string of the molecule is NC(CNC(=O)Cc1cccc(Br)c1)c1ccccc1.